The summed E-state index contributed by atoms with van der Waals surface area (Å²) in [6, 6.07) is 18.0. The van der Waals surface area contributed by atoms with Gasteiger partial charge in [0.15, 0.2) is 5.69 Å². The maximum absolute atomic E-state index is 13.0. The van der Waals surface area contributed by atoms with Crippen molar-refractivity contribution in [3.8, 4) is 17.4 Å². The predicted octanol–water partition coefficient (Wildman–Crippen LogP) is 6.34. The third-order valence-electron chi connectivity index (χ3n) is 4.91. The summed E-state index contributed by atoms with van der Waals surface area (Å²) in [5, 5.41) is 3.49. The van der Waals surface area contributed by atoms with Gasteiger partial charge in [0.05, 0.1) is 17.6 Å². The maximum Gasteiger partial charge on any atom is 0.279 e. The zero-order chi connectivity index (χ0) is 22.7. The lowest BCUT2D eigenvalue weighted by molar-refractivity contribution is 0.101. The molecule has 32 heavy (non-hydrogen) atoms. The highest BCUT2D eigenvalue weighted by atomic mass is 35.5. The molecule has 0 unspecified atom stereocenters. The molecule has 4 rings (SSSR count). The molecule has 3 aromatic carbocycles. The van der Waals surface area contributed by atoms with Gasteiger partial charge in [0.2, 0.25) is 5.88 Å². The molecule has 0 saturated heterocycles. The van der Waals surface area contributed by atoms with E-state index < -0.39 is 5.91 Å². The SMILES string of the molecule is CCOc1nc2cc(C)c(C)cc2nc1C(=O)Nc1ccc(Oc2ccc(Cl)cc2)cc1. The van der Waals surface area contributed by atoms with E-state index >= 15 is 0 Å². The molecule has 0 aliphatic carbocycles. The van der Waals surface area contributed by atoms with E-state index in [0.29, 0.717) is 39.8 Å². The topological polar surface area (TPSA) is 73.3 Å². The van der Waals surface area contributed by atoms with Crippen LogP contribution >= 0.6 is 11.6 Å². The van der Waals surface area contributed by atoms with Crippen LogP contribution in [0.1, 0.15) is 28.5 Å². The number of carbonyl (C=O) groups is 1. The van der Waals surface area contributed by atoms with Crippen LogP contribution < -0.4 is 14.8 Å². The summed E-state index contributed by atoms with van der Waals surface area (Å²) >= 11 is 5.90. The maximum atomic E-state index is 13.0. The highest BCUT2D eigenvalue weighted by Gasteiger charge is 2.18. The summed E-state index contributed by atoms with van der Waals surface area (Å²) in [7, 11) is 0. The number of anilines is 1. The van der Waals surface area contributed by atoms with Gasteiger partial charge in [0, 0.05) is 10.7 Å². The quantitative estimate of drug-likeness (QED) is 0.373. The highest BCUT2D eigenvalue weighted by molar-refractivity contribution is 6.30. The van der Waals surface area contributed by atoms with Gasteiger partial charge < -0.3 is 14.8 Å². The molecular weight excluding hydrogens is 426 g/mol. The standard InChI is InChI=1S/C25H22ClN3O3/c1-4-31-25-23(28-21-13-15(2)16(3)14-22(21)29-25)24(30)27-18-7-11-20(12-8-18)32-19-9-5-17(26)6-10-19/h5-14H,4H2,1-3H3,(H,27,30). The number of ether oxygens (including phenoxy) is 2. The molecule has 162 valence electrons. The lowest BCUT2D eigenvalue weighted by Crippen LogP contribution is -2.16. The fourth-order valence-corrected chi connectivity index (χ4v) is 3.24. The van der Waals surface area contributed by atoms with Crippen molar-refractivity contribution in [2.75, 3.05) is 11.9 Å². The Bertz CT molecular complexity index is 1270. The van der Waals surface area contributed by atoms with Crippen molar-refractivity contribution in [3.63, 3.8) is 0 Å². The Morgan fingerprint density at radius 3 is 2.06 bits per heavy atom. The van der Waals surface area contributed by atoms with Gasteiger partial charge in [-0.2, -0.15) is 0 Å². The van der Waals surface area contributed by atoms with Crippen molar-refractivity contribution in [3.05, 3.63) is 82.5 Å². The Balaban J connectivity index is 1.55. The molecule has 1 aromatic heterocycles. The molecule has 1 heterocycles. The average molecular weight is 448 g/mol. The van der Waals surface area contributed by atoms with E-state index in [4.69, 9.17) is 21.1 Å². The summed E-state index contributed by atoms with van der Waals surface area (Å²) in [5.41, 5.74) is 4.27. The van der Waals surface area contributed by atoms with Crippen LogP contribution in [-0.4, -0.2) is 22.5 Å². The van der Waals surface area contributed by atoms with Crippen LogP contribution in [0.5, 0.6) is 17.4 Å². The van der Waals surface area contributed by atoms with Crippen molar-refractivity contribution in [2.45, 2.75) is 20.8 Å². The number of amides is 1. The summed E-state index contributed by atoms with van der Waals surface area (Å²) in [6.07, 6.45) is 0. The molecule has 1 amide bonds. The predicted molar refractivity (Wildman–Crippen MR) is 126 cm³/mol. The summed E-state index contributed by atoms with van der Waals surface area (Å²) in [5.74, 6) is 1.12. The summed E-state index contributed by atoms with van der Waals surface area (Å²) in [4.78, 5) is 22.0. The molecule has 0 aliphatic heterocycles. The third kappa shape index (κ3) is 4.81. The molecule has 7 heteroatoms. The van der Waals surface area contributed by atoms with E-state index in [1.165, 1.54) is 0 Å². The van der Waals surface area contributed by atoms with Crippen LogP contribution in [-0.2, 0) is 0 Å². The molecule has 0 bridgehead atoms. The number of fused-ring (bicyclic) bond motifs is 1. The number of carbonyl (C=O) groups excluding carboxylic acids is 1. The lowest BCUT2D eigenvalue weighted by atomic mass is 10.1. The van der Waals surface area contributed by atoms with Gasteiger partial charge in [0.1, 0.15) is 11.5 Å². The van der Waals surface area contributed by atoms with Gasteiger partial charge in [0.25, 0.3) is 5.91 Å². The third-order valence-corrected chi connectivity index (χ3v) is 5.16. The minimum Gasteiger partial charge on any atom is -0.476 e. The fourth-order valence-electron chi connectivity index (χ4n) is 3.12. The van der Waals surface area contributed by atoms with Crippen molar-refractivity contribution in [1.82, 2.24) is 9.97 Å². The smallest absolute Gasteiger partial charge is 0.279 e. The number of hydrogen-bond donors (Lipinski definition) is 1. The Hall–Kier alpha value is -3.64. The van der Waals surface area contributed by atoms with Gasteiger partial charge in [-0.1, -0.05) is 11.6 Å². The Morgan fingerprint density at radius 2 is 1.47 bits per heavy atom. The Morgan fingerprint density at radius 1 is 0.906 bits per heavy atom. The van der Waals surface area contributed by atoms with E-state index in [1.54, 1.807) is 48.5 Å². The first kappa shape index (κ1) is 21.6. The molecule has 0 saturated carbocycles. The monoisotopic (exact) mass is 447 g/mol. The van der Waals surface area contributed by atoms with Crippen LogP contribution in [0.2, 0.25) is 5.02 Å². The van der Waals surface area contributed by atoms with E-state index in [2.05, 4.69) is 15.3 Å². The molecular formula is C25H22ClN3O3. The number of nitrogens with zero attached hydrogens (tertiary/aromatic N) is 2. The largest absolute Gasteiger partial charge is 0.476 e. The number of rotatable bonds is 6. The minimum absolute atomic E-state index is 0.143. The van der Waals surface area contributed by atoms with Gasteiger partial charge in [-0.3, -0.25) is 4.79 Å². The Kier molecular flexibility index (Phi) is 6.23. The molecule has 0 fully saturated rings. The second kappa shape index (κ2) is 9.24. The lowest BCUT2D eigenvalue weighted by Gasteiger charge is -2.12. The second-order valence-electron chi connectivity index (χ2n) is 7.27. The minimum atomic E-state index is -0.396. The van der Waals surface area contributed by atoms with Crippen LogP contribution in [0.3, 0.4) is 0 Å². The molecule has 0 aliphatic rings. The molecule has 0 spiro atoms. The highest BCUT2D eigenvalue weighted by Crippen LogP contribution is 2.26. The van der Waals surface area contributed by atoms with Gasteiger partial charge >= 0.3 is 0 Å². The van der Waals surface area contributed by atoms with E-state index in [1.807, 2.05) is 32.9 Å². The average Bonchev–Trinajstić information content (AvgIpc) is 2.77. The number of hydrogen-bond acceptors (Lipinski definition) is 5. The van der Waals surface area contributed by atoms with Crippen LogP contribution in [0, 0.1) is 13.8 Å². The zero-order valence-corrected chi connectivity index (χ0v) is 18.7. The van der Waals surface area contributed by atoms with Crippen molar-refractivity contribution in [1.29, 1.82) is 0 Å². The van der Waals surface area contributed by atoms with Gasteiger partial charge in [-0.05, 0) is 92.6 Å². The first-order chi connectivity index (χ1) is 15.4. The number of nitrogens with one attached hydrogen (secondary N) is 1. The van der Waals surface area contributed by atoms with Crippen LogP contribution in [0.4, 0.5) is 5.69 Å². The van der Waals surface area contributed by atoms with Crippen molar-refractivity contribution >= 4 is 34.2 Å². The van der Waals surface area contributed by atoms with Crippen molar-refractivity contribution < 1.29 is 14.3 Å². The molecule has 0 radical (unpaired) electrons. The first-order valence-corrected chi connectivity index (χ1v) is 10.6. The zero-order valence-electron chi connectivity index (χ0n) is 18.0. The number of benzene rings is 3. The molecule has 4 aromatic rings. The number of aromatic nitrogens is 2. The molecule has 6 nitrogen and oxygen atoms in total. The summed E-state index contributed by atoms with van der Waals surface area (Å²) in [6.45, 7) is 6.23. The molecule has 0 atom stereocenters. The Labute approximate surface area is 191 Å². The van der Waals surface area contributed by atoms with Gasteiger partial charge in [-0.15, -0.1) is 0 Å². The molecule has 1 N–H and O–H groups in total. The van der Waals surface area contributed by atoms with E-state index in [0.717, 1.165) is 11.1 Å². The summed E-state index contributed by atoms with van der Waals surface area (Å²) < 4.78 is 11.4. The van der Waals surface area contributed by atoms with E-state index in [9.17, 15) is 4.79 Å². The number of halogens is 1. The van der Waals surface area contributed by atoms with Crippen LogP contribution in [0.25, 0.3) is 11.0 Å². The van der Waals surface area contributed by atoms with Gasteiger partial charge in [-0.25, -0.2) is 9.97 Å². The second-order valence-corrected chi connectivity index (χ2v) is 7.71. The normalized spacial score (nSPS) is 10.8. The van der Waals surface area contributed by atoms with Crippen molar-refractivity contribution in [2.24, 2.45) is 0 Å². The number of aryl methyl sites for hydroxylation is 2. The fraction of sp³-hybridized carbons (Fsp3) is 0.160. The van der Waals surface area contributed by atoms with E-state index in [-0.39, 0.29) is 11.6 Å². The van der Waals surface area contributed by atoms with Crippen LogP contribution in [0.15, 0.2) is 60.7 Å². The first-order valence-electron chi connectivity index (χ1n) is 10.2.